The van der Waals surface area contributed by atoms with Crippen LogP contribution in [0.3, 0.4) is 0 Å². The van der Waals surface area contributed by atoms with Gasteiger partial charge in [-0.2, -0.15) is 0 Å². The van der Waals surface area contributed by atoms with Crippen LogP contribution in [0.15, 0.2) is 0 Å². The standard InChI is InChI=1S/C23H44O4/c1-3-5-7-8-10-14-18-22(17-13-6-4-2)27-23(25)19-15-11-9-12-16-20-26-21-24/h21-22H,3-20H2,1-2H3. The van der Waals surface area contributed by atoms with Crippen molar-refractivity contribution in [2.75, 3.05) is 6.61 Å². The molecule has 0 spiro atoms. The number of carbonyl (C=O) groups is 2. The summed E-state index contributed by atoms with van der Waals surface area (Å²) in [5.74, 6) is -0.0215. The van der Waals surface area contributed by atoms with Crippen molar-refractivity contribution >= 4 is 12.4 Å². The number of hydrogen-bond acceptors (Lipinski definition) is 4. The predicted molar refractivity (Wildman–Crippen MR) is 112 cm³/mol. The van der Waals surface area contributed by atoms with Crippen molar-refractivity contribution in [3.8, 4) is 0 Å². The Hall–Kier alpha value is -1.06. The first-order valence-electron chi connectivity index (χ1n) is 11.5. The van der Waals surface area contributed by atoms with Crippen LogP contribution in [0.2, 0.25) is 0 Å². The summed E-state index contributed by atoms with van der Waals surface area (Å²) >= 11 is 0. The molecule has 0 aromatic rings. The maximum absolute atomic E-state index is 12.2. The molecule has 0 fully saturated rings. The quantitative estimate of drug-likeness (QED) is 0.125. The summed E-state index contributed by atoms with van der Waals surface area (Å²) in [7, 11) is 0. The summed E-state index contributed by atoms with van der Waals surface area (Å²) in [5.41, 5.74) is 0. The lowest BCUT2D eigenvalue weighted by atomic mass is 10.0. The van der Waals surface area contributed by atoms with Crippen LogP contribution in [-0.4, -0.2) is 25.2 Å². The maximum Gasteiger partial charge on any atom is 0.306 e. The van der Waals surface area contributed by atoms with Gasteiger partial charge in [0, 0.05) is 6.42 Å². The molecule has 1 atom stereocenters. The topological polar surface area (TPSA) is 52.6 Å². The highest BCUT2D eigenvalue weighted by Crippen LogP contribution is 2.17. The van der Waals surface area contributed by atoms with Gasteiger partial charge in [0.05, 0.1) is 6.61 Å². The molecule has 0 saturated carbocycles. The van der Waals surface area contributed by atoms with Crippen molar-refractivity contribution in [2.45, 2.75) is 129 Å². The highest BCUT2D eigenvalue weighted by Gasteiger charge is 2.14. The van der Waals surface area contributed by atoms with Crippen molar-refractivity contribution in [1.29, 1.82) is 0 Å². The van der Waals surface area contributed by atoms with Gasteiger partial charge in [-0.05, 0) is 38.5 Å². The first kappa shape index (κ1) is 25.9. The third-order valence-corrected chi connectivity index (χ3v) is 5.02. The SMILES string of the molecule is CCCCCCCCC(CCCCC)OC(=O)CCCCCCCOC=O. The largest absolute Gasteiger partial charge is 0.468 e. The molecule has 4 nitrogen and oxygen atoms in total. The zero-order valence-electron chi connectivity index (χ0n) is 18.0. The van der Waals surface area contributed by atoms with E-state index in [0.29, 0.717) is 19.5 Å². The fourth-order valence-corrected chi connectivity index (χ4v) is 3.31. The monoisotopic (exact) mass is 384 g/mol. The van der Waals surface area contributed by atoms with E-state index in [0.717, 1.165) is 51.4 Å². The molecule has 0 heterocycles. The lowest BCUT2D eigenvalue weighted by molar-refractivity contribution is -0.150. The van der Waals surface area contributed by atoms with Crippen molar-refractivity contribution in [3.63, 3.8) is 0 Å². The van der Waals surface area contributed by atoms with Gasteiger partial charge in [-0.15, -0.1) is 0 Å². The van der Waals surface area contributed by atoms with Crippen LogP contribution in [-0.2, 0) is 19.1 Å². The molecule has 0 aliphatic carbocycles. The van der Waals surface area contributed by atoms with Crippen LogP contribution in [0.5, 0.6) is 0 Å². The number of rotatable bonds is 21. The third-order valence-electron chi connectivity index (χ3n) is 5.02. The number of carbonyl (C=O) groups excluding carboxylic acids is 2. The van der Waals surface area contributed by atoms with E-state index in [1.807, 2.05) is 0 Å². The molecule has 0 radical (unpaired) electrons. The van der Waals surface area contributed by atoms with Gasteiger partial charge in [-0.1, -0.05) is 78.1 Å². The molecule has 0 N–H and O–H groups in total. The zero-order valence-corrected chi connectivity index (χ0v) is 18.0. The highest BCUT2D eigenvalue weighted by molar-refractivity contribution is 5.69. The minimum atomic E-state index is -0.0215. The van der Waals surface area contributed by atoms with Crippen LogP contribution in [0.4, 0.5) is 0 Å². The number of esters is 1. The predicted octanol–water partition coefficient (Wildman–Crippen LogP) is 6.74. The van der Waals surface area contributed by atoms with Gasteiger partial charge in [0.25, 0.3) is 6.47 Å². The summed E-state index contributed by atoms with van der Waals surface area (Å²) in [4.78, 5) is 22.2. The van der Waals surface area contributed by atoms with Crippen LogP contribution < -0.4 is 0 Å². The zero-order chi connectivity index (χ0) is 20.0. The van der Waals surface area contributed by atoms with Crippen LogP contribution in [0.25, 0.3) is 0 Å². The van der Waals surface area contributed by atoms with Crippen LogP contribution in [0, 0.1) is 0 Å². The van der Waals surface area contributed by atoms with Gasteiger partial charge in [0.2, 0.25) is 0 Å². The second-order valence-corrected chi connectivity index (χ2v) is 7.65. The minimum Gasteiger partial charge on any atom is -0.468 e. The van der Waals surface area contributed by atoms with E-state index >= 15 is 0 Å². The third kappa shape index (κ3) is 19.5. The van der Waals surface area contributed by atoms with E-state index < -0.39 is 0 Å². The first-order valence-corrected chi connectivity index (χ1v) is 11.5. The Labute approximate surface area is 167 Å². The van der Waals surface area contributed by atoms with E-state index in [2.05, 4.69) is 18.6 Å². The smallest absolute Gasteiger partial charge is 0.306 e. The van der Waals surface area contributed by atoms with Crippen molar-refractivity contribution in [3.05, 3.63) is 0 Å². The molecular weight excluding hydrogens is 340 g/mol. The maximum atomic E-state index is 12.2. The van der Waals surface area contributed by atoms with Crippen molar-refractivity contribution in [2.24, 2.45) is 0 Å². The van der Waals surface area contributed by atoms with E-state index in [1.54, 1.807) is 0 Å². The van der Waals surface area contributed by atoms with Gasteiger partial charge in [0.15, 0.2) is 0 Å². The molecule has 0 aromatic heterocycles. The molecule has 0 saturated heterocycles. The second kappa shape index (κ2) is 21.2. The molecule has 0 aliphatic heterocycles. The van der Waals surface area contributed by atoms with Gasteiger partial charge in [0.1, 0.15) is 6.10 Å². The van der Waals surface area contributed by atoms with E-state index in [4.69, 9.17) is 4.74 Å². The van der Waals surface area contributed by atoms with Gasteiger partial charge in [-0.3, -0.25) is 9.59 Å². The Kier molecular flexibility index (Phi) is 20.4. The number of hydrogen-bond donors (Lipinski definition) is 0. The summed E-state index contributed by atoms with van der Waals surface area (Å²) in [5, 5.41) is 0. The Morgan fingerprint density at radius 1 is 0.741 bits per heavy atom. The molecule has 160 valence electrons. The molecule has 0 amide bonds. The molecule has 4 heteroatoms. The average molecular weight is 385 g/mol. The summed E-state index contributed by atoms with van der Waals surface area (Å²) in [6.45, 7) is 5.45. The molecular formula is C23H44O4. The normalized spacial score (nSPS) is 11.9. The summed E-state index contributed by atoms with van der Waals surface area (Å²) in [6, 6.07) is 0. The van der Waals surface area contributed by atoms with Crippen LogP contribution >= 0.6 is 0 Å². The van der Waals surface area contributed by atoms with Gasteiger partial charge >= 0.3 is 5.97 Å². The Morgan fingerprint density at radius 3 is 1.93 bits per heavy atom. The molecule has 0 aromatic carbocycles. The molecule has 1 unspecified atom stereocenters. The Balaban J connectivity index is 3.84. The summed E-state index contributed by atoms with van der Waals surface area (Å²) in [6.07, 6.45) is 18.9. The lowest BCUT2D eigenvalue weighted by Gasteiger charge is -2.18. The Morgan fingerprint density at radius 2 is 1.26 bits per heavy atom. The average Bonchev–Trinajstić information content (AvgIpc) is 2.66. The van der Waals surface area contributed by atoms with Gasteiger partial charge in [-0.25, -0.2) is 0 Å². The molecule has 0 bridgehead atoms. The summed E-state index contributed by atoms with van der Waals surface area (Å²) < 4.78 is 10.5. The van der Waals surface area contributed by atoms with E-state index in [9.17, 15) is 9.59 Å². The van der Waals surface area contributed by atoms with Crippen molar-refractivity contribution < 1.29 is 19.1 Å². The van der Waals surface area contributed by atoms with E-state index in [1.165, 1.54) is 51.4 Å². The van der Waals surface area contributed by atoms with Crippen molar-refractivity contribution in [1.82, 2.24) is 0 Å². The molecule has 27 heavy (non-hydrogen) atoms. The highest BCUT2D eigenvalue weighted by atomic mass is 16.5. The minimum absolute atomic E-state index is 0.0215. The fraction of sp³-hybridized carbons (Fsp3) is 0.913. The van der Waals surface area contributed by atoms with E-state index in [-0.39, 0.29) is 12.1 Å². The Bertz CT molecular complexity index is 330. The lowest BCUT2D eigenvalue weighted by Crippen LogP contribution is -2.18. The number of unbranched alkanes of at least 4 members (excludes halogenated alkanes) is 11. The number of ether oxygens (including phenoxy) is 2. The fourth-order valence-electron chi connectivity index (χ4n) is 3.31. The van der Waals surface area contributed by atoms with Gasteiger partial charge < -0.3 is 9.47 Å². The molecule has 0 aliphatic rings. The first-order chi connectivity index (χ1) is 13.2. The second-order valence-electron chi connectivity index (χ2n) is 7.65. The molecule has 0 rings (SSSR count). The van der Waals surface area contributed by atoms with Crippen LogP contribution in [0.1, 0.15) is 123 Å².